The number of aromatic carboxylic acids is 1. The number of hydrogen-bond acceptors (Lipinski definition) is 4. The summed E-state index contributed by atoms with van der Waals surface area (Å²) in [6, 6.07) is 18.8. The zero-order valence-electron chi connectivity index (χ0n) is 17.0. The van der Waals surface area contributed by atoms with Crippen LogP contribution in [0.1, 0.15) is 54.2 Å². The van der Waals surface area contributed by atoms with E-state index in [1.54, 1.807) is 24.3 Å². The standard InChI is InChI=1S/C26H23NO3/c1-26(2)13-19-22-18-6-4-3-5-15(18)11-12-20(22)27-24(23(19)21(28)14-26)16-7-9-17(10-8-16)25(29)30/h3-12,24,27H,13-14H2,1-2H3,(H,29,30)/p-1/t24-/m0/s1. The molecule has 1 atom stereocenters. The Morgan fingerprint density at radius 2 is 1.73 bits per heavy atom. The Balaban J connectivity index is 1.74. The van der Waals surface area contributed by atoms with Crippen LogP contribution in [-0.4, -0.2) is 11.8 Å². The van der Waals surface area contributed by atoms with Crippen molar-refractivity contribution in [2.75, 3.05) is 5.32 Å². The van der Waals surface area contributed by atoms with Crippen LogP contribution in [-0.2, 0) is 4.79 Å². The minimum absolute atomic E-state index is 0.106. The van der Waals surface area contributed by atoms with E-state index in [1.165, 1.54) is 0 Å². The molecule has 0 saturated carbocycles. The second-order valence-corrected chi connectivity index (χ2v) is 9.03. The van der Waals surface area contributed by atoms with Gasteiger partial charge in [-0.15, -0.1) is 0 Å². The van der Waals surface area contributed by atoms with Crippen molar-refractivity contribution in [3.63, 3.8) is 0 Å². The highest BCUT2D eigenvalue weighted by atomic mass is 16.4. The number of nitrogens with one attached hydrogen (secondary N) is 1. The van der Waals surface area contributed by atoms with E-state index in [0.717, 1.165) is 45.2 Å². The number of carbonyl (C=O) groups excluding carboxylic acids is 2. The molecule has 3 aromatic rings. The van der Waals surface area contributed by atoms with Gasteiger partial charge in [0.15, 0.2) is 5.78 Å². The van der Waals surface area contributed by atoms with Crippen LogP contribution < -0.4 is 10.4 Å². The molecule has 0 spiro atoms. The summed E-state index contributed by atoms with van der Waals surface area (Å²) >= 11 is 0. The molecule has 0 bridgehead atoms. The van der Waals surface area contributed by atoms with Crippen molar-refractivity contribution < 1.29 is 14.7 Å². The van der Waals surface area contributed by atoms with Crippen molar-refractivity contribution in [1.29, 1.82) is 0 Å². The molecule has 150 valence electrons. The first-order valence-corrected chi connectivity index (χ1v) is 10.2. The lowest BCUT2D eigenvalue weighted by Crippen LogP contribution is -2.33. The van der Waals surface area contributed by atoms with Crippen LogP contribution in [0.15, 0.2) is 66.2 Å². The summed E-state index contributed by atoms with van der Waals surface area (Å²) in [5, 5.41) is 17.0. The molecule has 4 heteroatoms. The lowest BCUT2D eigenvalue weighted by molar-refractivity contribution is -0.255. The lowest BCUT2D eigenvalue weighted by atomic mass is 9.68. The zero-order valence-corrected chi connectivity index (χ0v) is 17.0. The van der Waals surface area contributed by atoms with E-state index in [4.69, 9.17) is 0 Å². The molecule has 1 N–H and O–H groups in total. The largest absolute Gasteiger partial charge is 0.545 e. The Labute approximate surface area is 175 Å². The molecular weight excluding hydrogens is 374 g/mol. The number of fused-ring (bicyclic) bond motifs is 4. The van der Waals surface area contributed by atoms with E-state index in [-0.39, 0.29) is 22.8 Å². The van der Waals surface area contributed by atoms with Gasteiger partial charge in [0.05, 0.1) is 12.0 Å². The van der Waals surface area contributed by atoms with Gasteiger partial charge in [0.25, 0.3) is 0 Å². The number of Topliss-reactive ketones (excluding diaryl/α,β-unsaturated/α-hetero) is 1. The highest BCUT2D eigenvalue weighted by Crippen LogP contribution is 2.51. The Bertz CT molecular complexity index is 1230. The maximum Gasteiger partial charge on any atom is 0.162 e. The van der Waals surface area contributed by atoms with Crippen LogP contribution in [0.2, 0.25) is 0 Å². The summed E-state index contributed by atoms with van der Waals surface area (Å²) in [4.78, 5) is 24.5. The van der Waals surface area contributed by atoms with E-state index in [2.05, 4.69) is 43.4 Å². The summed E-state index contributed by atoms with van der Waals surface area (Å²) < 4.78 is 0. The van der Waals surface area contributed by atoms with Crippen LogP contribution in [0.5, 0.6) is 0 Å². The molecule has 0 unspecified atom stereocenters. The predicted octanol–water partition coefficient (Wildman–Crippen LogP) is 4.51. The number of carboxylic acid groups (broad SMARTS) is 1. The molecule has 0 fully saturated rings. The number of rotatable bonds is 2. The van der Waals surface area contributed by atoms with Crippen molar-refractivity contribution in [1.82, 2.24) is 0 Å². The van der Waals surface area contributed by atoms with E-state index >= 15 is 0 Å². The smallest absolute Gasteiger partial charge is 0.162 e. The highest BCUT2D eigenvalue weighted by molar-refractivity contribution is 6.12. The molecule has 2 aliphatic rings. The van der Waals surface area contributed by atoms with Crippen LogP contribution in [0, 0.1) is 5.41 Å². The van der Waals surface area contributed by atoms with E-state index in [1.807, 2.05) is 12.1 Å². The van der Waals surface area contributed by atoms with E-state index in [9.17, 15) is 14.7 Å². The first-order valence-electron chi connectivity index (χ1n) is 10.2. The van der Waals surface area contributed by atoms with Gasteiger partial charge in [-0.1, -0.05) is 68.4 Å². The quantitative estimate of drug-likeness (QED) is 0.692. The van der Waals surface area contributed by atoms with Gasteiger partial charge in [-0.05, 0) is 45.4 Å². The number of hydrogen-bond donors (Lipinski definition) is 1. The molecule has 0 radical (unpaired) electrons. The van der Waals surface area contributed by atoms with E-state index in [0.29, 0.717) is 6.42 Å². The first kappa shape index (κ1) is 18.6. The van der Waals surface area contributed by atoms with E-state index < -0.39 is 5.97 Å². The third-order valence-electron chi connectivity index (χ3n) is 6.22. The second kappa shape index (κ2) is 6.56. The van der Waals surface area contributed by atoms with Gasteiger partial charge in [0.2, 0.25) is 0 Å². The van der Waals surface area contributed by atoms with Crippen molar-refractivity contribution >= 4 is 33.8 Å². The first-order chi connectivity index (χ1) is 14.3. The topological polar surface area (TPSA) is 69.2 Å². The minimum atomic E-state index is -1.20. The number of benzene rings is 3. The van der Waals surface area contributed by atoms with Gasteiger partial charge < -0.3 is 15.2 Å². The van der Waals surface area contributed by atoms with Crippen LogP contribution in [0.3, 0.4) is 0 Å². The maximum atomic E-state index is 13.3. The Hall–Kier alpha value is -3.40. The fraction of sp³-hybridized carbons (Fsp3) is 0.231. The monoisotopic (exact) mass is 396 g/mol. The third kappa shape index (κ3) is 2.91. The molecule has 1 aliphatic heterocycles. The van der Waals surface area contributed by atoms with Gasteiger partial charge in [-0.3, -0.25) is 4.79 Å². The average molecular weight is 396 g/mol. The molecule has 0 amide bonds. The summed E-state index contributed by atoms with van der Waals surface area (Å²) in [6.07, 6.45) is 1.33. The molecular formula is C26H22NO3-. The molecule has 0 saturated heterocycles. The summed E-state index contributed by atoms with van der Waals surface area (Å²) in [6.45, 7) is 4.29. The number of anilines is 1. The van der Waals surface area contributed by atoms with Crippen LogP contribution in [0.4, 0.5) is 5.69 Å². The summed E-state index contributed by atoms with van der Waals surface area (Å²) in [5.41, 5.74) is 4.93. The van der Waals surface area contributed by atoms with Gasteiger partial charge >= 0.3 is 0 Å². The molecule has 0 aromatic heterocycles. The third-order valence-corrected chi connectivity index (χ3v) is 6.22. The van der Waals surface area contributed by atoms with Gasteiger partial charge in [-0.2, -0.15) is 0 Å². The van der Waals surface area contributed by atoms with Crippen molar-refractivity contribution in [2.45, 2.75) is 32.7 Å². The van der Waals surface area contributed by atoms with Crippen molar-refractivity contribution in [3.05, 3.63) is 82.9 Å². The number of ketones is 1. The second-order valence-electron chi connectivity index (χ2n) is 9.03. The Morgan fingerprint density at radius 1 is 1.00 bits per heavy atom. The Morgan fingerprint density at radius 3 is 2.47 bits per heavy atom. The molecule has 1 heterocycles. The number of allylic oxidation sites excluding steroid dienone is 1. The summed E-state index contributed by atoms with van der Waals surface area (Å²) in [5.74, 6) is -1.05. The average Bonchev–Trinajstić information content (AvgIpc) is 2.72. The van der Waals surface area contributed by atoms with Gasteiger partial charge in [0.1, 0.15) is 0 Å². The zero-order chi connectivity index (χ0) is 21.0. The minimum Gasteiger partial charge on any atom is -0.545 e. The highest BCUT2D eigenvalue weighted by Gasteiger charge is 2.40. The lowest BCUT2D eigenvalue weighted by Gasteiger charge is -2.40. The maximum absolute atomic E-state index is 13.3. The summed E-state index contributed by atoms with van der Waals surface area (Å²) in [7, 11) is 0. The normalized spacial score (nSPS) is 19.8. The van der Waals surface area contributed by atoms with Crippen molar-refractivity contribution in [3.8, 4) is 0 Å². The fourth-order valence-corrected chi connectivity index (χ4v) is 4.90. The molecule has 5 rings (SSSR count). The Kier molecular flexibility index (Phi) is 4.07. The number of carbonyl (C=O) groups is 2. The van der Waals surface area contributed by atoms with Crippen molar-refractivity contribution in [2.24, 2.45) is 5.41 Å². The van der Waals surface area contributed by atoms with Crippen LogP contribution >= 0.6 is 0 Å². The van der Waals surface area contributed by atoms with Gasteiger partial charge in [-0.25, -0.2) is 0 Å². The molecule has 4 nitrogen and oxygen atoms in total. The molecule has 1 aliphatic carbocycles. The SMILES string of the molecule is CC1(C)CC(=O)C2=C(C1)c1c(ccc3ccccc13)N[C@H]2c1ccc(C(=O)[O-])cc1. The fourth-order valence-electron chi connectivity index (χ4n) is 4.90. The van der Waals surface area contributed by atoms with Crippen LogP contribution in [0.25, 0.3) is 16.3 Å². The molecule has 3 aromatic carbocycles. The number of carboxylic acids is 1. The molecule has 30 heavy (non-hydrogen) atoms. The van der Waals surface area contributed by atoms with Gasteiger partial charge in [0, 0.05) is 23.2 Å². The predicted molar refractivity (Wildman–Crippen MR) is 116 cm³/mol.